The monoisotopic (exact) mass is 254 g/mol. The summed E-state index contributed by atoms with van der Waals surface area (Å²) < 4.78 is 0. The minimum Gasteiger partial charge on any atom is -0.340 e. The van der Waals surface area contributed by atoms with Gasteiger partial charge in [0, 0.05) is 11.9 Å². The van der Waals surface area contributed by atoms with Gasteiger partial charge >= 0.3 is 0 Å². The van der Waals surface area contributed by atoms with Gasteiger partial charge in [0.25, 0.3) is 0 Å². The van der Waals surface area contributed by atoms with Crippen molar-refractivity contribution >= 4 is 17.1 Å². The number of nitrogens with one attached hydrogen (secondary N) is 1. The van der Waals surface area contributed by atoms with Crippen molar-refractivity contribution in [3.63, 3.8) is 0 Å². The molecule has 0 aliphatic rings. The molecule has 1 aromatic rings. The third-order valence-corrected chi connectivity index (χ3v) is 2.71. The molecule has 0 radical (unpaired) electrons. The second-order valence-electron chi connectivity index (χ2n) is 4.68. The summed E-state index contributed by atoms with van der Waals surface area (Å²) in [6.07, 6.45) is 3.65. The Kier molecular flexibility index (Phi) is 5.31. The third-order valence-electron chi connectivity index (χ3n) is 2.71. The van der Waals surface area contributed by atoms with Crippen molar-refractivity contribution in [2.75, 3.05) is 5.32 Å². The first-order valence-electron chi connectivity index (χ1n) is 6.34. The molecule has 2 heteroatoms. The second kappa shape index (κ2) is 6.74. The molecule has 0 unspecified atom stereocenters. The maximum atomic E-state index is 4.33. The highest BCUT2D eigenvalue weighted by atomic mass is 15.0. The number of aliphatic imine (C=N–C) groups is 1. The van der Waals surface area contributed by atoms with Crippen LogP contribution in [0.25, 0.3) is 5.57 Å². The quantitative estimate of drug-likeness (QED) is 0.596. The van der Waals surface area contributed by atoms with Crippen molar-refractivity contribution in [2.24, 2.45) is 4.99 Å². The average molecular weight is 254 g/mol. The van der Waals surface area contributed by atoms with Gasteiger partial charge in [-0.25, -0.2) is 4.99 Å². The zero-order valence-electron chi connectivity index (χ0n) is 12.2. The molecular formula is C17H22N2. The summed E-state index contributed by atoms with van der Waals surface area (Å²) in [5.41, 5.74) is 5.37. The molecule has 0 heterocycles. The molecule has 0 aliphatic carbocycles. The fourth-order valence-corrected chi connectivity index (χ4v) is 1.76. The molecule has 0 atom stereocenters. The fourth-order valence-electron chi connectivity index (χ4n) is 1.76. The first-order chi connectivity index (χ1) is 8.95. The van der Waals surface area contributed by atoms with E-state index < -0.39 is 0 Å². The molecule has 1 aromatic carbocycles. The number of amidine groups is 1. The molecule has 0 aliphatic heterocycles. The highest BCUT2D eigenvalue weighted by molar-refractivity contribution is 6.07. The highest BCUT2D eigenvalue weighted by Crippen LogP contribution is 2.21. The smallest absolute Gasteiger partial charge is 0.132 e. The van der Waals surface area contributed by atoms with Crippen LogP contribution in [0, 0.1) is 6.92 Å². The first kappa shape index (κ1) is 15.0. The number of hydrogen-bond donors (Lipinski definition) is 1. The van der Waals surface area contributed by atoms with Crippen LogP contribution in [-0.2, 0) is 0 Å². The first-order valence-corrected chi connectivity index (χ1v) is 6.34. The average Bonchev–Trinajstić information content (AvgIpc) is 2.33. The number of nitrogens with zero attached hydrogens (tertiary/aromatic N) is 1. The Balaban J connectivity index is 3.02. The number of allylic oxidation sites excluding steroid dienone is 2. The summed E-state index contributed by atoms with van der Waals surface area (Å²) in [5, 5.41) is 3.29. The van der Waals surface area contributed by atoms with Crippen LogP contribution >= 0.6 is 0 Å². The largest absolute Gasteiger partial charge is 0.340 e. The molecular weight excluding hydrogens is 232 g/mol. The molecule has 0 saturated carbocycles. The molecule has 1 N–H and O–H groups in total. The van der Waals surface area contributed by atoms with E-state index in [1.54, 1.807) is 6.20 Å². The molecule has 0 bridgehead atoms. The number of anilines is 1. The van der Waals surface area contributed by atoms with Gasteiger partial charge in [0.05, 0.1) is 0 Å². The van der Waals surface area contributed by atoms with Gasteiger partial charge in [0.2, 0.25) is 0 Å². The summed E-state index contributed by atoms with van der Waals surface area (Å²) >= 11 is 0. The van der Waals surface area contributed by atoms with E-state index in [0.29, 0.717) is 0 Å². The van der Waals surface area contributed by atoms with Gasteiger partial charge < -0.3 is 5.32 Å². The van der Waals surface area contributed by atoms with E-state index in [1.165, 1.54) is 11.1 Å². The highest BCUT2D eigenvalue weighted by Gasteiger charge is 2.03. The van der Waals surface area contributed by atoms with E-state index in [0.717, 1.165) is 22.7 Å². The van der Waals surface area contributed by atoms with Crippen LogP contribution in [0.2, 0.25) is 0 Å². The Labute approximate surface area is 116 Å². The zero-order valence-corrected chi connectivity index (χ0v) is 12.2. The van der Waals surface area contributed by atoms with Crippen molar-refractivity contribution in [2.45, 2.75) is 27.7 Å². The molecule has 2 nitrogen and oxygen atoms in total. The van der Waals surface area contributed by atoms with Crippen LogP contribution in [0.3, 0.4) is 0 Å². The number of rotatable bonds is 4. The molecule has 0 spiro atoms. The lowest BCUT2D eigenvalue weighted by atomic mass is 10.0. The van der Waals surface area contributed by atoms with Crippen LogP contribution in [0.4, 0.5) is 5.69 Å². The predicted octanol–water partition coefficient (Wildman–Crippen LogP) is 4.95. The van der Waals surface area contributed by atoms with Crippen molar-refractivity contribution < 1.29 is 0 Å². The van der Waals surface area contributed by atoms with E-state index in [1.807, 2.05) is 32.9 Å². The van der Waals surface area contributed by atoms with Crippen molar-refractivity contribution in [1.82, 2.24) is 0 Å². The third kappa shape index (κ3) is 4.25. The molecule has 0 fully saturated rings. The number of aryl methyl sites for hydroxylation is 1. The van der Waals surface area contributed by atoms with E-state index in [4.69, 9.17) is 0 Å². The molecule has 0 aromatic heterocycles. The normalized spacial score (nSPS) is 11.7. The molecule has 0 saturated heterocycles. The van der Waals surface area contributed by atoms with Crippen LogP contribution in [0.5, 0.6) is 0 Å². The van der Waals surface area contributed by atoms with Gasteiger partial charge in [-0.15, -0.1) is 0 Å². The van der Waals surface area contributed by atoms with Crippen LogP contribution in [0.15, 0.2) is 54.2 Å². The lowest BCUT2D eigenvalue weighted by Gasteiger charge is -2.12. The van der Waals surface area contributed by atoms with Gasteiger partial charge in [0.15, 0.2) is 0 Å². The van der Waals surface area contributed by atoms with E-state index in [2.05, 4.69) is 42.5 Å². The molecule has 100 valence electrons. The summed E-state index contributed by atoms with van der Waals surface area (Å²) in [4.78, 5) is 4.33. The summed E-state index contributed by atoms with van der Waals surface area (Å²) in [5.74, 6) is 0.778. The standard InChI is InChI=1S/C17H22N2/c1-7-10-18-17(13(4)5)19-15-8-9-16(12(2)3)14(6)11-15/h7-11H,2,4H2,1,3,5-6H3,(H,18,19)/b10-7-. The molecule has 1 rings (SSSR count). The van der Waals surface area contributed by atoms with Crippen LogP contribution < -0.4 is 5.32 Å². The molecule has 0 amide bonds. The lowest BCUT2D eigenvalue weighted by Crippen LogP contribution is -2.12. The Morgan fingerprint density at radius 1 is 1.26 bits per heavy atom. The van der Waals surface area contributed by atoms with Gasteiger partial charge in [-0.3, -0.25) is 0 Å². The molecule has 19 heavy (non-hydrogen) atoms. The van der Waals surface area contributed by atoms with E-state index in [-0.39, 0.29) is 0 Å². The van der Waals surface area contributed by atoms with Gasteiger partial charge in [-0.05, 0) is 56.5 Å². The van der Waals surface area contributed by atoms with Crippen molar-refractivity contribution in [3.8, 4) is 0 Å². The number of benzene rings is 1. The van der Waals surface area contributed by atoms with Gasteiger partial charge in [-0.1, -0.05) is 30.9 Å². The van der Waals surface area contributed by atoms with Crippen LogP contribution in [-0.4, -0.2) is 5.84 Å². The Bertz CT molecular complexity index is 548. The summed E-state index contributed by atoms with van der Waals surface area (Å²) in [6.45, 7) is 15.9. The van der Waals surface area contributed by atoms with Gasteiger partial charge in [0.1, 0.15) is 5.84 Å². The van der Waals surface area contributed by atoms with E-state index in [9.17, 15) is 0 Å². The Hall–Kier alpha value is -2.09. The summed E-state index contributed by atoms with van der Waals surface area (Å²) in [6, 6.07) is 6.20. The maximum absolute atomic E-state index is 4.33. The van der Waals surface area contributed by atoms with E-state index >= 15 is 0 Å². The van der Waals surface area contributed by atoms with Crippen molar-refractivity contribution in [1.29, 1.82) is 0 Å². The minimum absolute atomic E-state index is 0.778. The maximum Gasteiger partial charge on any atom is 0.132 e. The SMILES string of the molecule is C=C(C)/C(=N\C=C/C)Nc1ccc(C(=C)C)c(C)c1. The Morgan fingerprint density at radius 3 is 2.42 bits per heavy atom. The second-order valence-corrected chi connectivity index (χ2v) is 4.68. The Morgan fingerprint density at radius 2 is 1.95 bits per heavy atom. The lowest BCUT2D eigenvalue weighted by molar-refractivity contribution is 1.39. The minimum atomic E-state index is 0.778. The van der Waals surface area contributed by atoms with Crippen LogP contribution in [0.1, 0.15) is 31.9 Å². The summed E-state index contributed by atoms with van der Waals surface area (Å²) in [7, 11) is 0. The zero-order chi connectivity index (χ0) is 14.4. The predicted molar refractivity (Wildman–Crippen MR) is 86.6 cm³/mol. The topological polar surface area (TPSA) is 24.4 Å². The van der Waals surface area contributed by atoms with Gasteiger partial charge in [-0.2, -0.15) is 0 Å². The fraction of sp³-hybridized carbons (Fsp3) is 0.235. The number of hydrogen-bond acceptors (Lipinski definition) is 1. The van der Waals surface area contributed by atoms with Crippen molar-refractivity contribution in [3.05, 3.63) is 60.3 Å².